The molecule has 5 heteroatoms. The molecule has 1 saturated heterocycles. The molecule has 4 rings (SSSR count). The van der Waals surface area contributed by atoms with Gasteiger partial charge in [-0.3, -0.25) is 9.89 Å². The Labute approximate surface area is 193 Å². The number of nitrogens with one attached hydrogen (secondary N) is 1. The van der Waals surface area contributed by atoms with E-state index in [4.69, 9.17) is 4.99 Å². The van der Waals surface area contributed by atoms with Crippen molar-refractivity contribution in [3.63, 3.8) is 0 Å². The smallest absolute Gasteiger partial charge is 0.137 e. The van der Waals surface area contributed by atoms with Crippen molar-refractivity contribution in [2.75, 3.05) is 26.7 Å². The maximum Gasteiger partial charge on any atom is 0.137 e. The van der Waals surface area contributed by atoms with Crippen molar-refractivity contribution >= 4 is 11.5 Å². The minimum Gasteiger partial charge on any atom is -0.368 e. The SMILES string of the molecule is C=C(CCC)/C(C)=C/C(=NC)C1=CC(=C2CCC2)N2C=C(N3CCNC(C)C3)C=CC2=N1. The van der Waals surface area contributed by atoms with E-state index < -0.39 is 0 Å². The molecule has 1 aliphatic carbocycles. The molecule has 5 nitrogen and oxygen atoms in total. The zero-order valence-corrected chi connectivity index (χ0v) is 20.1. The predicted octanol–water partition coefficient (Wildman–Crippen LogP) is 5.10. The normalized spacial score (nSPS) is 24.0. The summed E-state index contributed by atoms with van der Waals surface area (Å²) in [6.45, 7) is 13.9. The molecule has 32 heavy (non-hydrogen) atoms. The van der Waals surface area contributed by atoms with E-state index in [-0.39, 0.29) is 0 Å². The van der Waals surface area contributed by atoms with Gasteiger partial charge in [-0.2, -0.15) is 0 Å². The molecule has 4 aliphatic rings. The van der Waals surface area contributed by atoms with E-state index >= 15 is 0 Å². The summed E-state index contributed by atoms with van der Waals surface area (Å²) in [5, 5.41) is 3.53. The van der Waals surface area contributed by atoms with E-state index in [0.717, 1.165) is 49.7 Å². The molecule has 1 saturated carbocycles. The fraction of sp³-hybridized carbons (Fsp3) is 0.481. The van der Waals surface area contributed by atoms with E-state index in [1.54, 1.807) is 0 Å². The molecule has 1 atom stereocenters. The van der Waals surface area contributed by atoms with Gasteiger partial charge in [-0.05, 0) is 75.0 Å². The Balaban J connectivity index is 1.65. The third-order valence-corrected chi connectivity index (χ3v) is 6.70. The number of rotatable bonds is 6. The maximum absolute atomic E-state index is 5.02. The fourth-order valence-corrected chi connectivity index (χ4v) is 4.55. The summed E-state index contributed by atoms with van der Waals surface area (Å²) in [6.07, 6.45) is 16.7. The van der Waals surface area contributed by atoms with Crippen LogP contribution in [0.5, 0.6) is 0 Å². The third kappa shape index (κ3) is 4.73. The van der Waals surface area contributed by atoms with Gasteiger partial charge in [0.15, 0.2) is 0 Å². The molecule has 3 heterocycles. The van der Waals surface area contributed by atoms with Crippen LogP contribution in [-0.2, 0) is 0 Å². The lowest BCUT2D eigenvalue weighted by Crippen LogP contribution is -2.49. The molecule has 0 spiro atoms. The highest BCUT2D eigenvalue weighted by Gasteiger charge is 2.28. The van der Waals surface area contributed by atoms with Gasteiger partial charge in [0.05, 0.1) is 17.1 Å². The van der Waals surface area contributed by atoms with Crippen LogP contribution >= 0.6 is 0 Å². The van der Waals surface area contributed by atoms with Gasteiger partial charge in [0, 0.05) is 44.6 Å². The van der Waals surface area contributed by atoms with Crippen molar-refractivity contribution in [3.05, 3.63) is 70.9 Å². The highest BCUT2D eigenvalue weighted by Crippen LogP contribution is 2.35. The predicted molar refractivity (Wildman–Crippen MR) is 136 cm³/mol. The first kappa shape index (κ1) is 22.5. The largest absolute Gasteiger partial charge is 0.368 e. The Morgan fingerprint density at radius 1 is 1.34 bits per heavy atom. The summed E-state index contributed by atoms with van der Waals surface area (Å²) in [5.41, 5.74) is 8.28. The Hall–Kier alpha value is -2.66. The van der Waals surface area contributed by atoms with Crippen molar-refractivity contribution in [2.24, 2.45) is 9.98 Å². The van der Waals surface area contributed by atoms with Gasteiger partial charge in [-0.25, -0.2) is 4.99 Å². The van der Waals surface area contributed by atoms with E-state index in [2.05, 4.69) is 78.0 Å². The number of hydrogen-bond donors (Lipinski definition) is 1. The average Bonchev–Trinajstić information content (AvgIpc) is 2.76. The second-order valence-electron chi connectivity index (χ2n) is 9.19. The summed E-state index contributed by atoms with van der Waals surface area (Å²) >= 11 is 0. The minimum atomic E-state index is 0.506. The molecule has 1 N–H and O–H groups in total. The Kier molecular flexibility index (Phi) is 6.95. The van der Waals surface area contributed by atoms with Gasteiger partial charge in [0.1, 0.15) is 5.84 Å². The lowest BCUT2D eigenvalue weighted by molar-refractivity contribution is 0.259. The molecule has 0 aromatic heterocycles. The molecular formula is C27H37N5. The van der Waals surface area contributed by atoms with Crippen LogP contribution in [0.1, 0.15) is 52.9 Å². The van der Waals surface area contributed by atoms with Gasteiger partial charge < -0.3 is 10.2 Å². The molecule has 0 aromatic carbocycles. The molecule has 0 bridgehead atoms. The fourth-order valence-electron chi connectivity index (χ4n) is 4.55. The van der Waals surface area contributed by atoms with Crippen molar-refractivity contribution in [1.29, 1.82) is 0 Å². The van der Waals surface area contributed by atoms with Gasteiger partial charge in [-0.15, -0.1) is 0 Å². The first-order chi connectivity index (χ1) is 15.5. The number of hydrogen-bond acceptors (Lipinski definition) is 5. The minimum absolute atomic E-state index is 0.506. The Morgan fingerprint density at radius 2 is 2.16 bits per heavy atom. The average molecular weight is 432 g/mol. The Bertz CT molecular complexity index is 980. The van der Waals surface area contributed by atoms with Gasteiger partial charge in [0.25, 0.3) is 0 Å². The number of aliphatic imine (C=N–C) groups is 2. The van der Waals surface area contributed by atoms with Crippen molar-refractivity contribution < 1.29 is 0 Å². The third-order valence-electron chi connectivity index (χ3n) is 6.70. The highest BCUT2D eigenvalue weighted by atomic mass is 15.3. The summed E-state index contributed by atoms with van der Waals surface area (Å²) < 4.78 is 0. The summed E-state index contributed by atoms with van der Waals surface area (Å²) in [7, 11) is 1.85. The van der Waals surface area contributed by atoms with E-state index in [0.29, 0.717) is 6.04 Å². The summed E-state index contributed by atoms with van der Waals surface area (Å²) in [6, 6.07) is 0.506. The van der Waals surface area contributed by atoms with Gasteiger partial charge in [-0.1, -0.05) is 25.5 Å². The number of nitrogens with zero attached hydrogens (tertiary/aromatic N) is 4. The van der Waals surface area contributed by atoms with Crippen LogP contribution in [0.15, 0.2) is 80.9 Å². The van der Waals surface area contributed by atoms with Crippen LogP contribution in [0.25, 0.3) is 0 Å². The zero-order chi connectivity index (χ0) is 22.7. The first-order valence-corrected chi connectivity index (χ1v) is 12.0. The van der Waals surface area contributed by atoms with Crippen molar-refractivity contribution in [1.82, 2.24) is 15.1 Å². The van der Waals surface area contributed by atoms with Crippen LogP contribution in [0.4, 0.5) is 0 Å². The number of fused-ring (bicyclic) bond motifs is 1. The second-order valence-corrected chi connectivity index (χ2v) is 9.19. The van der Waals surface area contributed by atoms with E-state index in [9.17, 15) is 0 Å². The highest BCUT2D eigenvalue weighted by molar-refractivity contribution is 6.12. The van der Waals surface area contributed by atoms with Crippen LogP contribution in [0.3, 0.4) is 0 Å². The summed E-state index contributed by atoms with van der Waals surface area (Å²) in [5.74, 6) is 0.975. The van der Waals surface area contributed by atoms with E-state index in [1.807, 2.05) is 7.05 Å². The van der Waals surface area contributed by atoms with Crippen LogP contribution in [0.2, 0.25) is 0 Å². The Morgan fingerprint density at radius 3 is 2.81 bits per heavy atom. The quantitative estimate of drug-likeness (QED) is 0.470. The molecule has 0 amide bonds. The van der Waals surface area contributed by atoms with Gasteiger partial charge >= 0.3 is 0 Å². The van der Waals surface area contributed by atoms with Crippen LogP contribution < -0.4 is 5.32 Å². The number of piperazine rings is 1. The maximum atomic E-state index is 5.02. The van der Waals surface area contributed by atoms with E-state index in [1.165, 1.54) is 47.4 Å². The molecule has 3 aliphatic heterocycles. The topological polar surface area (TPSA) is 43.2 Å². The standard InChI is InChI=1S/C27H37N5/c1-6-8-19(2)20(3)15-24(28-5)25-16-26(22-9-7-10-22)32-18-23(11-12-27(32)30-25)31-14-13-29-21(4)17-31/h11-12,15-16,18,21,29H,2,6-10,13-14,17H2,1,3-5H3/b20-15+,28-24?. The molecule has 2 fully saturated rings. The second kappa shape index (κ2) is 9.86. The molecule has 0 aromatic rings. The van der Waals surface area contributed by atoms with Crippen molar-refractivity contribution in [2.45, 2.75) is 58.9 Å². The first-order valence-electron chi connectivity index (χ1n) is 12.0. The number of amidine groups is 1. The lowest BCUT2D eigenvalue weighted by Gasteiger charge is -2.38. The molecule has 1 unspecified atom stereocenters. The van der Waals surface area contributed by atoms with Crippen LogP contribution in [0, 0.1) is 0 Å². The molecule has 170 valence electrons. The van der Waals surface area contributed by atoms with Gasteiger partial charge in [0.2, 0.25) is 0 Å². The zero-order valence-electron chi connectivity index (χ0n) is 20.1. The lowest BCUT2D eigenvalue weighted by atomic mass is 9.89. The monoisotopic (exact) mass is 431 g/mol. The number of allylic oxidation sites excluding steroid dienone is 6. The van der Waals surface area contributed by atoms with Crippen molar-refractivity contribution in [3.8, 4) is 0 Å². The molecular weight excluding hydrogens is 394 g/mol. The van der Waals surface area contributed by atoms with Crippen LogP contribution in [-0.4, -0.2) is 54.1 Å². The molecule has 0 radical (unpaired) electrons. The summed E-state index contributed by atoms with van der Waals surface area (Å²) in [4.78, 5) is 14.4.